The van der Waals surface area contributed by atoms with Crippen LogP contribution < -0.4 is 11.1 Å². The number of carbonyl (C=O) groups is 2. The Morgan fingerprint density at radius 1 is 1.47 bits per heavy atom. The summed E-state index contributed by atoms with van der Waals surface area (Å²) in [6, 6.07) is 3.89. The second kappa shape index (κ2) is 5.36. The highest BCUT2D eigenvalue weighted by Crippen LogP contribution is 2.19. The molecule has 1 aromatic rings. The maximum absolute atomic E-state index is 13.7. The summed E-state index contributed by atoms with van der Waals surface area (Å²) in [5, 5.41) is 2.53. The lowest BCUT2D eigenvalue weighted by atomic mass is 10.1. The number of nitrogens with one attached hydrogen (secondary N) is 1. The van der Waals surface area contributed by atoms with Gasteiger partial charge in [0.05, 0.1) is 5.56 Å². The molecule has 2 amide bonds. The van der Waals surface area contributed by atoms with E-state index in [2.05, 4.69) is 5.32 Å². The Morgan fingerprint density at radius 2 is 2.21 bits per heavy atom. The van der Waals surface area contributed by atoms with Gasteiger partial charge < -0.3 is 16.0 Å². The predicted octanol–water partition coefficient (Wildman–Crippen LogP) is 0.957. The van der Waals surface area contributed by atoms with E-state index in [-0.39, 0.29) is 17.5 Å². The van der Waals surface area contributed by atoms with Gasteiger partial charge in [-0.15, -0.1) is 0 Å². The number of anilines is 1. The third-order valence-electron chi connectivity index (χ3n) is 3.03. The number of carbonyl (C=O) groups excluding carboxylic acids is 2. The zero-order valence-corrected chi connectivity index (χ0v) is 10.6. The standard InChI is InChI=1S/C13H16FN3O2/c1-8(18)16-10-2-3-12(14)11(6-10)13(19)17-5-4-9(15)7-17/h2-3,6,9H,4-5,7,15H2,1H3,(H,16,18)/t9-/m1/s1. The lowest BCUT2D eigenvalue weighted by Crippen LogP contribution is -2.32. The van der Waals surface area contributed by atoms with E-state index in [0.717, 1.165) is 6.42 Å². The van der Waals surface area contributed by atoms with Crippen LogP contribution in [0.2, 0.25) is 0 Å². The van der Waals surface area contributed by atoms with E-state index >= 15 is 0 Å². The van der Waals surface area contributed by atoms with Crippen LogP contribution in [-0.4, -0.2) is 35.8 Å². The molecule has 1 fully saturated rings. The van der Waals surface area contributed by atoms with Gasteiger partial charge in [0.25, 0.3) is 5.91 Å². The largest absolute Gasteiger partial charge is 0.337 e. The molecule has 0 radical (unpaired) electrons. The number of amides is 2. The van der Waals surface area contributed by atoms with Crippen LogP contribution in [0.25, 0.3) is 0 Å². The number of halogens is 1. The Bertz CT molecular complexity index is 519. The topological polar surface area (TPSA) is 75.4 Å². The molecule has 1 aliphatic heterocycles. The van der Waals surface area contributed by atoms with Gasteiger partial charge in [0, 0.05) is 31.7 Å². The van der Waals surface area contributed by atoms with E-state index in [1.165, 1.54) is 30.0 Å². The third-order valence-corrected chi connectivity index (χ3v) is 3.03. The van der Waals surface area contributed by atoms with Gasteiger partial charge in [-0.2, -0.15) is 0 Å². The fourth-order valence-corrected chi connectivity index (χ4v) is 2.11. The molecule has 5 nitrogen and oxygen atoms in total. The summed E-state index contributed by atoms with van der Waals surface area (Å²) in [5.74, 6) is -1.26. The van der Waals surface area contributed by atoms with Crippen molar-refractivity contribution in [3.63, 3.8) is 0 Å². The van der Waals surface area contributed by atoms with Gasteiger partial charge in [0.1, 0.15) is 5.82 Å². The first kappa shape index (κ1) is 13.5. The second-order valence-electron chi connectivity index (χ2n) is 4.68. The predicted molar refractivity (Wildman–Crippen MR) is 69.2 cm³/mol. The quantitative estimate of drug-likeness (QED) is 0.836. The van der Waals surface area contributed by atoms with Crippen molar-refractivity contribution in [3.05, 3.63) is 29.6 Å². The summed E-state index contributed by atoms with van der Waals surface area (Å²) < 4.78 is 13.7. The van der Waals surface area contributed by atoms with Crippen molar-refractivity contribution in [1.29, 1.82) is 0 Å². The van der Waals surface area contributed by atoms with E-state index in [0.29, 0.717) is 18.8 Å². The van der Waals surface area contributed by atoms with Gasteiger partial charge in [-0.1, -0.05) is 0 Å². The van der Waals surface area contributed by atoms with E-state index in [9.17, 15) is 14.0 Å². The van der Waals surface area contributed by atoms with Crippen molar-refractivity contribution in [2.75, 3.05) is 18.4 Å². The molecular weight excluding hydrogens is 249 g/mol. The minimum Gasteiger partial charge on any atom is -0.337 e. The summed E-state index contributed by atoms with van der Waals surface area (Å²) in [7, 11) is 0. The number of likely N-dealkylation sites (tertiary alicyclic amines) is 1. The van der Waals surface area contributed by atoms with Crippen LogP contribution in [0.15, 0.2) is 18.2 Å². The van der Waals surface area contributed by atoms with Gasteiger partial charge in [-0.05, 0) is 24.6 Å². The molecule has 3 N–H and O–H groups in total. The lowest BCUT2D eigenvalue weighted by Gasteiger charge is -2.16. The van der Waals surface area contributed by atoms with Gasteiger partial charge >= 0.3 is 0 Å². The number of hydrogen-bond donors (Lipinski definition) is 2. The summed E-state index contributed by atoms with van der Waals surface area (Å²) in [4.78, 5) is 24.7. The molecule has 0 aromatic heterocycles. The molecule has 6 heteroatoms. The van der Waals surface area contributed by atoms with Crippen LogP contribution in [-0.2, 0) is 4.79 Å². The number of nitrogens with two attached hydrogens (primary N) is 1. The van der Waals surface area contributed by atoms with Crippen LogP contribution in [0, 0.1) is 5.82 Å². The smallest absolute Gasteiger partial charge is 0.256 e. The minimum atomic E-state index is -0.598. The molecule has 1 saturated heterocycles. The molecule has 0 bridgehead atoms. The lowest BCUT2D eigenvalue weighted by molar-refractivity contribution is -0.114. The molecule has 19 heavy (non-hydrogen) atoms. The van der Waals surface area contributed by atoms with Crippen molar-refractivity contribution in [1.82, 2.24) is 4.90 Å². The fourth-order valence-electron chi connectivity index (χ4n) is 2.11. The number of rotatable bonds is 2. The van der Waals surface area contributed by atoms with Gasteiger partial charge in [-0.3, -0.25) is 9.59 Å². The average Bonchev–Trinajstić information content (AvgIpc) is 2.77. The zero-order chi connectivity index (χ0) is 14.0. The number of nitrogens with zero attached hydrogens (tertiary/aromatic N) is 1. The van der Waals surface area contributed by atoms with Crippen molar-refractivity contribution >= 4 is 17.5 Å². The van der Waals surface area contributed by atoms with Crippen molar-refractivity contribution < 1.29 is 14.0 Å². The summed E-state index contributed by atoms with van der Waals surface area (Å²) in [6.07, 6.45) is 0.721. The third kappa shape index (κ3) is 3.08. The Balaban J connectivity index is 2.22. The first-order chi connectivity index (χ1) is 8.97. The van der Waals surface area contributed by atoms with Crippen LogP contribution in [0.1, 0.15) is 23.7 Å². The first-order valence-corrected chi connectivity index (χ1v) is 6.09. The average molecular weight is 265 g/mol. The Labute approximate surface area is 110 Å². The molecule has 1 atom stereocenters. The molecule has 0 unspecified atom stereocenters. The normalized spacial score (nSPS) is 18.5. The Morgan fingerprint density at radius 3 is 2.79 bits per heavy atom. The summed E-state index contributed by atoms with van der Waals surface area (Å²) >= 11 is 0. The van der Waals surface area contributed by atoms with Gasteiger partial charge in [0.2, 0.25) is 5.91 Å². The highest BCUT2D eigenvalue weighted by molar-refractivity contribution is 5.97. The van der Waals surface area contributed by atoms with Gasteiger partial charge in [0.15, 0.2) is 0 Å². The monoisotopic (exact) mass is 265 g/mol. The second-order valence-corrected chi connectivity index (χ2v) is 4.68. The van der Waals surface area contributed by atoms with Crippen molar-refractivity contribution in [2.45, 2.75) is 19.4 Å². The number of hydrogen-bond acceptors (Lipinski definition) is 3. The maximum Gasteiger partial charge on any atom is 0.256 e. The molecule has 0 saturated carbocycles. The molecule has 1 aromatic carbocycles. The van der Waals surface area contributed by atoms with E-state index < -0.39 is 11.7 Å². The Kier molecular flexibility index (Phi) is 3.80. The van der Waals surface area contributed by atoms with E-state index in [4.69, 9.17) is 5.73 Å². The minimum absolute atomic E-state index is 0.0413. The van der Waals surface area contributed by atoms with Crippen LogP contribution in [0.5, 0.6) is 0 Å². The summed E-state index contributed by atoms with van der Waals surface area (Å²) in [5.41, 5.74) is 6.09. The zero-order valence-electron chi connectivity index (χ0n) is 10.6. The van der Waals surface area contributed by atoms with Gasteiger partial charge in [-0.25, -0.2) is 4.39 Å². The molecule has 102 valence electrons. The SMILES string of the molecule is CC(=O)Nc1ccc(F)c(C(=O)N2CC[C@@H](N)C2)c1. The first-order valence-electron chi connectivity index (χ1n) is 6.09. The van der Waals surface area contributed by atoms with Crippen molar-refractivity contribution in [3.8, 4) is 0 Å². The molecular formula is C13H16FN3O2. The molecule has 1 heterocycles. The Hall–Kier alpha value is -1.95. The highest BCUT2D eigenvalue weighted by atomic mass is 19.1. The summed E-state index contributed by atoms with van der Waals surface area (Å²) in [6.45, 7) is 2.32. The molecule has 0 aliphatic carbocycles. The van der Waals surface area contributed by atoms with Crippen LogP contribution in [0.4, 0.5) is 10.1 Å². The van der Waals surface area contributed by atoms with E-state index in [1.807, 2.05) is 0 Å². The van der Waals surface area contributed by atoms with E-state index in [1.54, 1.807) is 0 Å². The fraction of sp³-hybridized carbons (Fsp3) is 0.385. The van der Waals surface area contributed by atoms with Crippen LogP contribution in [0.3, 0.4) is 0 Å². The molecule has 0 spiro atoms. The molecule has 2 rings (SSSR count). The highest BCUT2D eigenvalue weighted by Gasteiger charge is 2.26. The van der Waals surface area contributed by atoms with Crippen LogP contribution >= 0.6 is 0 Å². The maximum atomic E-state index is 13.7. The van der Waals surface area contributed by atoms with Crippen molar-refractivity contribution in [2.24, 2.45) is 5.73 Å². The number of benzene rings is 1. The molecule has 1 aliphatic rings.